The standard InChI is InChI=1S/C24H16BrF2N5O4S/c25-12-3-5-13(6-4-12)36-11-32-8-7-15(31-32)23(34)30-19-18-14(17-2-1-9-35-17)10-16(21(26)27)29-24(18)37-20(19)22(28)33/h1-10,21H,11H2,(H2,28,33)(H,30,34). The third-order valence-electron chi connectivity index (χ3n) is 5.20. The molecule has 0 saturated carbocycles. The lowest BCUT2D eigenvalue weighted by molar-refractivity contribution is 0.100. The van der Waals surface area contributed by atoms with E-state index in [1.54, 1.807) is 30.5 Å². The molecule has 0 aliphatic carbocycles. The first kappa shape index (κ1) is 24.6. The van der Waals surface area contributed by atoms with Gasteiger partial charge in [-0.15, -0.1) is 11.3 Å². The summed E-state index contributed by atoms with van der Waals surface area (Å²) in [6.45, 7) is 0.0474. The maximum Gasteiger partial charge on any atom is 0.280 e. The van der Waals surface area contributed by atoms with Crippen LogP contribution in [0.5, 0.6) is 5.75 Å². The predicted molar refractivity (Wildman–Crippen MR) is 136 cm³/mol. The van der Waals surface area contributed by atoms with Crippen LogP contribution in [0, 0.1) is 0 Å². The minimum absolute atomic E-state index is 0.0332. The summed E-state index contributed by atoms with van der Waals surface area (Å²) >= 11 is 4.15. The number of benzene rings is 1. The van der Waals surface area contributed by atoms with E-state index in [1.807, 2.05) is 12.1 Å². The summed E-state index contributed by atoms with van der Waals surface area (Å²) in [6, 6.07) is 13.0. The second kappa shape index (κ2) is 10.1. The maximum atomic E-state index is 13.5. The van der Waals surface area contributed by atoms with Gasteiger partial charge in [0.25, 0.3) is 18.2 Å². The van der Waals surface area contributed by atoms with Gasteiger partial charge in [0, 0.05) is 21.6 Å². The fourth-order valence-electron chi connectivity index (χ4n) is 3.55. The van der Waals surface area contributed by atoms with Gasteiger partial charge in [0.05, 0.1) is 12.0 Å². The normalized spacial score (nSPS) is 11.2. The Labute approximate surface area is 220 Å². The fourth-order valence-corrected chi connectivity index (χ4v) is 4.83. The lowest BCUT2D eigenvalue weighted by Gasteiger charge is -2.09. The number of hydrogen-bond donors (Lipinski definition) is 2. The number of rotatable bonds is 8. The zero-order valence-electron chi connectivity index (χ0n) is 18.7. The molecule has 5 aromatic rings. The van der Waals surface area contributed by atoms with Crippen molar-refractivity contribution >= 4 is 55.0 Å². The Morgan fingerprint density at radius 3 is 2.68 bits per heavy atom. The van der Waals surface area contributed by atoms with E-state index in [9.17, 15) is 18.4 Å². The van der Waals surface area contributed by atoms with E-state index >= 15 is 0 Å². The van der Waals surface area contributed by atoms with Crippen molar-refractivity contribution in [2.45, 2.75) is 13.2 Å². The number of furan rings is 1. The van der Waals surface area contributed by atoms with Gasteiger partial charge in [-0.3, -0.25) is 9.59 Å². The van der Waals surface area contributed by atoms with Crippen LogP contribution < -0.4 is 15.8 Å². The van der Waals surface area contributed by atoms with Crippen molar-refractivity contribution < 1.29 is 27.5 Å². The van der Waals surface area contributed by atoms with Crippen LogP contribution in [0.4, 0.5) is 14.5 Å². The number of pyridine rings is 1. The first-order valence-electron chi connectivity index (χ1n) is 10.6. The van der Waals surface area contributed by atoms with E-state index in [0.29, 0.717) is 5.75 Å². The summed E-state index contributed by atoms with van der Waals surface area (Å²) in [5, 5.41) is 7.12. The van der Waals surface area contributed by atoms with Crippen molar-refractivity contribution in [1.29, 1.82) is 0 Å². The molecule has 0 saturated heterocycles. The summed E-state index contributed by atoms with van der Waals surface area (Å²) in [5.41, 5.74) is 5.35. The number of fused-ring (bicyclic) bond motifs is 1. The molecule has 5 rings (SSSR count). The van der Waals surface area contributed by atoms with Gasteiger partial charge < -0.3 is 20.2 Å². The largest absolute Gasteiger partial charge is 0.471 e. The Balaban J connectivity index is 1.47. The van der Waals surface area contributed by atoms with Crippen molar-refractivity contribution in [3.05, 3.63) is 81.7 Å². The third kappa shape index (κ3) is 5.08. The van der Waals surface area contributed by atoms with Crippen LogP contribution in [0.15, 0.2) is 69.9 Å². The second-order valence-electron chi connectivity index (χ2n) is 7.65. The predicted octanol–water partition coefficient (Wildman–Crippen LogP) is 5.84. The van der Waals surface area contributed by atoms with E-state index in [4.69, 9.17) is 14.9 Å². The summed E-state index contributed by atoms with van der Waals surface area (Å²) < 4.78 is 40.5. The maximum absolute atomic E-state index is 13.5. The number of aromatic nitrogens is 3. The highest BCUT2D eigenvalue weighted by Crippen LogP contribution is 2.42. The molecule has 0 aliphatic heterocycles. The van der Waals surface area contributed by atoms with E-state index in [-0.39, 0.29) is 44.5 Å². The number of halogens is 3. The number of thiophene rings is 1. The number of carbonyl (C=O) groups excluding carboxylic acids is 2. The molecule has 188 valence electrons. The number of nitrogens with one attached hydrogen (secondary N) is 1. The lowest BCUT2D eigenvalue weighted by Crippen LogP contribution is -2.17. The topological polar surface area (TPSA) is 125 Å². The Morgan fingerprint density at radius 2 is 2.00 bits per heavy atom. The molecule has 0 bridgehead atoms. The van der Waals surface area contributed by atoms with Gasteiger partial charge in [0.15, 0.2) is 12.4 Å². The van der Waals surface area contributed by atoms with Crippen LogP contribution in [0.3, 0.4) is 0 Å². The molecule has 0 aliphatic rings. The number of anilines is 1. The van der Waals surface area contributed by atoms with Crippen LogP contribution in [0.1, 0.15) is 32.3 Å². The molecular formula is C24H16BrF2N5O4S. The summed E-state index contributed by atoms with van der Waals surface area (Å²) in [4.78, 5) is 29.3. The molecule has 0 atom stereocenters. The van der Waals surface area contributed by atoms with Crippen molar-refractivity contribution in [3.8, 4) is 17.1 Å². The highest BCUT2D eigenvalue weighted by atomic mass is 79.9. The Kier molecular flexibility index (Phi) is 6.72. The zero-order valence-corrected chi connectivity index (χ0v) is 21.1. The van der Waals surface area contributed by atoms with Gasteiger partial charge in [0.2, 0.25) is 0 Å². The number of ether oxygens (including phenoxy) is 1. The smallest absolute Gasteiger partial charge is 0.280 e. The number of carbonyl (C=O) groups is 2. The van der Waals surface area contributed by atoms with E-state index in [1.165, 1.54) is 17.0 Å². The van der Waals surface area contributed by atoms with Gasteiger partial charge in [-0.2, -0.15) is 5.10 Å². The molecule has 0 radical (unpaired) electrons. The van der Waals surface area contributed by atoms with E-state index < -0.39 is 23.9 Å². The first-order valence-corrected chi connectivity index (χ1v) is 12.2. The van der Waals surface area contributed by atoms with Crippen LogP contribution in [0.25, 0.3) is 21.5 Å². The molecule has 1 aromatic carbocycles. The molecular weight excluding hydrogens is 572 g/mol. The number of primary amides is 1. The molecule has 37 heavy (non-hydrogen) atoms. The van der Waals surface area contributed by atoms with Crippen molar-refractivity contribution in [1.82, 2.24) is 14.8 Å². The average Bonchev–Trinajstić information content (AvgIpc) is 3.63. The Bertz CT molecular complexity index is 1600. The average molecular weight is 588 g/mol. The second-order valence-corrected chi connectivity index (χ2v) is 9.56. The molecule has 13 heteroatoms. The van der Waals surface area contributed by atoms with Crippen LogP contribution >= 0.6 is 27.3 Å². The first-order chi connectivity index (χ1) is 17.8. The molecule has 0 unspecified atom stereocenters. The summed E-state index contributed by atoms with van der Waals surface area (Å²) in [6.07, 6.45) is 0.0738. The van der Waals surface area contributed by atoms with Crippen molar-refractivity contribution in [2.75, 3.05) is 5.32 Å². The minimum atomic E-state index is -2.86. The van der Waals surface area contributed by atoms with Crippen LogP contribution in [-0.2, 0) is 6.73 Å². The minimum Gasteiger partial charge on any atom is -0.471 e. The van der Waals surface area contributed by atoms with E-state index in [0.717, 1.165) is 21.9 Å². The number of nitrogens with zero attached hydrogens (tertiary/aromatic N) is 3. The van der Waals surface area contributed by atoms with Gasteiger partial charge in [-0.25, -0.2) is 18.4 Å². The highest BCUT2D eigenvalue weighted by Gasteiger charge is 2.26. The van der Waals surface area contributed by atoms with Gasteiger partial charge in [-0.05, 0) is 48.5 Å². The number of nitrogens with two attached hydrogens (primary N) is 1. The molecule has 9 nitrogen and oxygen atoms in total. The molecule has 4 heterocycles. The zero-order chi connectivity index (χ0) is 26.1. The monoisotopic (exact) mass is 587 g/mol. The number of amides is 2. The SMILES string of the molecule is NC(=O)c1sc2nc(C(F)F)cc(-c3ccco3)c2c1NC(=O)c1ccn(COc2ccc(Br)cc2)n1. The van der Waals surface area contributed by atoms with Crippen LogP contribution in [0.2, 0.25) is 0 Å². The quantitative estimate of drug-likeness (QED) is 0.235. The van der Waals surface area contributed by atoms with Gasteiger partial charge in [0.1, 0.15) is 26.9 Å². The van der Waals surface area contributed by atoms with Gasteiger partial charge >= 0.3 is 0 Å². The molecule has 0 fully saturated rings. The van der Waals surface area contributed by atoms with Crippen molar-refractivity contribution in [2.24, 2.45) is 5.73 Å². The Morgan fingerprint density at radius 1 is 1.22 bits per heavy atom. The molecule has 0 spiro atoms. The molecule has 3 N–H and O–H groups in total. The summed E-state index contributed by atoms with van der Waals surface area (Å²) in [7, 11) is 0. The fraction of sp³-hybridized carbons (Fsp3) is 0.0833. The lowest BCUT2D eigenvalue weighted by atomic mass is 10.1. The number of hydrogen-bond acceptors (Lipinski definition) is 7. The van der Waals surface area contributed by atoms with Crippen molar-refractivity contribution in [3.63, 3.8) is 0 Å². The summed E-state index contributed by atoms with van der Waals surface area (Å²) in [5.74, 6) is -0.627. The van der Waals surface area contributed by atoms with Crippen LogP contribution in [-0.4, -0.2) is 26.6 Å². The third-order valence-corrected chi connectivity index (χ3v) is 6.83. The number of alkyl halides is 2. The molecule has 4 aromatic heterocycles. The van der Waals surface area contributed by atoms with Gasteiger partial charge in [-0.1, -0.05) is 15.9 Å². The van der Waals surface area contributed by atoms with E-state index in [2.05, 4.69) is 31.3 Å². The highest BCUT2D eigenvalue weighted by molar-refractivity contribution is 9.10. The molecule has 2 amide bonds. The Hall–Kier alpha value is -4.10.